The summed E-state index contributed by atoms with van der Waals surface area (Å²) in [7, 11) is 0. The molecule has 118 valence electrons. The van der Waals surface area contributed by atoms with E-state index in [4.69, 9.17) is 9.41 Å². The minimum atomic E-state index is 0.298. The standard InChI is InChI=1S/C21H23NO/c1-5-16(4)22-19-13-21(17-9-6-14(2)7-10-17)23-20-11-8-15(3)12-18(19)20/h6-13,16H,5H2,1-4H3/t16-/m0/s1. The first-order valence-corrected chi connectivity index (χ1v) is 8.22. The summed E-state index contributed by atoms with van der Waals surface area (Å²) in [6.45, 7) is 8.50. The van der Waals surface area contributed by atoms with E-state index >= 15 is 0 Å². The first-order valence-electron chi connectivity index (χ1n) is 8.22. The highest BCUT2D eigenvalue weighted by atomic mass is 16.3. The Morgan fingerprint density at radius 1 is 0.957 bits per heavy atom. The molecule has 0 aliphatic heterocycles. The van der Waals surface area contributed by atoms with Gasteiger partial charge in [0.15, 0.2) is 0 Å². The second-order valence-corrected chi connectivity index (χ2v) is 6.25. The third-order valence-corrected chi connectivity index (χ3v) is 4.19. The molecule has 0 spiro atoms. The van der Waals surface area contributed by atoms with E-state index in [0.29, 0.717) is 6.04 Å². The molecule has 0 saturated heterocycles. The van der Waals surface area contributed by atoms with E-state index in [0.717, 1.165) is 34.1 Å². The van der Waals surface area contributed by atoms with Crippen molar-refractivity contribution in [3.63, 3.8) is 0 Å². The summed E-state index contributed by atoms with van der Waals surface area (Å²) in [4.78, 5) is 4.89. The predicted octanol–water partition coefficient (Wildman–Crippen LogP) is 5.42. The highest BCUT2D eigenvalue weighted by Crippen LogP contribution is 2.23. The lowest BCUT2D eigenvalue weighted by Gasteiger charge is -2.08. The van der Waals surface area contributed by atoms with Crippen molar-refractivity contribution in [1.29, 1.82) is 0 Å². The Bertz CT molecular complexity index is 888. The molecular weight excluding hydrogens is 282 g/mol. The molecule has 0 aliphatic rings. The van der Waals surface area contributed by atoms with E-state index in [2.05, 4.69) is 70.2 Å². The molecule has 0 fully saturated rings. The number of hydrogen-bond acceptors (Lipinski definition) is 2. The number of benzene rings is 2. The van der Waals surface area contributed by atoms with Crippen LogP contribution in [0.4, 0.5) is 0 Å². The molecule has 0 aliphatic carbocycles. The van der Waals surface area contributed by atoms with E-state index in [1.807, 2.05) is 6.07 Å². The van der Waals surface area contributed by atoms with Gasteiger partial charge in [0, 0.05) is 23.1 Å². The quantitative estimate of drug-likeness (QED) is 0.634. The van der Waals surface area contributed by atoms with E-state index in [1.165, 1.54) is 11.1 Å². The molecular formula is C21H23NO. The summed E-state index contributed by atoms with van der Waals surface area (Å²) >= 11 is 0. The van der Waals surface area contributed by atoms with E-state index < -0.39 is 0 Å². The first-order chi connectivity index (χ1) is 11.1. The molecule has 0 unspecified atom stereocenters. The maximum absolute atomic E-state index is 6.14. The van der Waals surface area contributed by atoms with Gasteiger partial charge in [0.25, 0.3) is 0 Å². The summed E-state index contributed by atoms with van der Waals surface area (Å²) in [6.07, 6.45) is 1.03. The van der Waals surface area contributed by atoms with Crippen LogP contribution in [-0.2, 0) is 0 Å². The van der Waals surface area contributed by atoms with Gasteiger partial charge in [-0.25, -0.2) is 0 Å². The third-order valence-electron chi connectivity index (χ3n) is 4.19. The number of aryl methyl sites for hydroxylation is 2. The fourth-order valence-electron chi connectivity index (χ4n) is 2.58. The SMILES string of the molecule is CC[C@H](C)N=c1cc(-c2ccc(C)cc2)oc2ccc(C)cc12. The maximum atomic E-state index is 6.14. The Balaban J connectivity index is 2.27. The van der Waals surface area contributed by atoms with Crippen LogP contribution in [0, 0.1) is 13.8 Å². The van der Waals surface area contributed by atoms with Gasteiger partial charge in [-0.3, -0.25) is 4.99 Å². The van der Waals surface area contributed by atoms with Crippen LogP contribution in [0.5, 0.6) is 0 Å². The fraction of sp³-hybridized carbons (Fsp3) is 0.286. The summed E-state index contributed by atoms with van der Waals surface area (Å²) in [5.41, 5.74) is 4.43. The molecule has 1 aromatic heterocycles. The van der Waals surface area contributed by atoms with Gasteiger partial charge >= 0.3 is 0 Å². The average molecular weight is 305 g/mol. The van der Waals surface area contributed by atoms with Crippen molar-refractivity contribution in [2.24, 2.45) is 4.99 Å². The molecule has 2 aromatic carbocycles. The van der Waals surface area contributed by atoms with Crippen molar-refractivity contribution in [2.45, 2.75) is 40.2 Å². The Morgan fingerprint density at radius 2 is 1.65 bits per heavy atom. The van der Waals surface area contributed by atoms with Crippen LogP contribution in [-0.4, -0.2) is 6.04 Å². The van der Waals surface area contributed by atoms with Crippen molar-refractivity contribution < 1.29 is 4.42 Å². The zero-order valence-electron chi connectivity index (χ0n) is 14.3. The molecule has 2 heteroatoms. The topological polar surface area (TPSA) is 25.5 Å². The molecule has 3 aromatic rings. The zero-order chi connectivity index (χ0) is 16.4. The number of hydrogen-bond donors (Lipinski definition) is 0. The molecule has 3 rings (SSSR count). The molecule has 0 saturated carbocycles. The monoisotopic (exact) mass is 305 g/mol. The third kappa shape index (κ3) is 3.37. The molecule has 1 atom stereocenters. The summed E-state index contributed by atoms with van der Waals surface area (Å²) in [5.74, 6) is 0.864. The lowest BCUT2D eigenvalue weighted by molar-refractivity contribution is 0.616. The highest BCUT2D eigenvalue weighted by Gasteiger charge is 2.07. The van der Waals surface area contributed by atoms with Crippen LogP contribution in [0.25, 0.3) is 22.3 Å². The summed E-state index contributed by atoms with van der Waals surface area (Å²) in [6, 6.07) is 17.0. The lowest BCUT2D eigenvalue weighted by Crippen LogP contribution is -2.09. The van der Waals surface area contributed by atoms with Gasteiger partial charge in [0.05, 0.1) is 5.36 Å². The smallest absolute Gasteiger partial charge is 0.136 e. The molecule has 0 radical (unpaired) electrons. The van der Waals surface area contributed by atoms with Gasteiger partial charge in [0.1, 0.15) is 11.3 Å². The van der Waals surface area contributed by atoms with Crippen LogP contribution < -0.4 is 5.36 Å². The molecule has 0 amide bonds. The van der Waals surface area contributed by atoms with Gasteiger partial charge in [-0.15, -0.1) is 0 Å². The summed E-state index contributed by atoms with van der Waals surface area (Å²) < 4.78 is 6.14. The van der Waals surface area contributed by atoms with Crippen LogP contribution >= 0.6 is 0 Å². The maximum Gasteiger partial charge on any atom is 0.136 e. The van der Waals surface area contributed by atoms with Gasteiger partial charge in [0.2, 0.25) is 0 Å². The Labute approximate surface area is 137 Å². The number of fused-ring (bicyclic) bond motifs is 1. The fourth-order valence-corrected chi connectivity index (χ4v) is 2.58. The van der Waals surface area contributed by atoms with Crippen LogP contribution in [0.1, 0.15) is 31.4 Å². The molecule has 0 N–H and O–H groups in total. The Morgan fingerprint density at radius 3 is 2.35 bits per heavy atom. The number of rotatable bonds is 3. The normalized spacial score (nSPS) is 13.5. The van der Waals surface area contributed by atoms with E-state index in [1.54, 1.807) is 0 Å². The molecule has 1 heterocycles. The summed E-state index contributed by atoms with van der Waals surface area (Å²) in [5, 5.41) is 2.10. The minimum Gasteiger partial charge on any atom is -0.456 e. The van der Waals surface area contributed by atoms with E-state index in [9.17, 15) is 0 Å². The van der Waals surface area contributed by atoms with Gasteiger partial charge in [-0.2, -0.15) is 0 Å². The lowest BCUT2D eigenvalue weighted by atomic mass is 10.1. The van der Waals surface area contributed by atoms with Gasteiger partial charge in [-0.05, 0) is 39.3 Å². The first kappa shape index (κ1) is 15.5. The van der Waals surface area contributed by atoms with Crippen LogP contribution in [0.15, 0.2) is 57.9 Å². The van der Waals surface area contributed by atoms with Gasteiger partial charge in [-0.1, -0.05) is 48.4 Å². The predicted molar refractivity (Wildman–Crippen MR) is 96.4 cm³/mol. The van der Waals surface area contributed by atoms with Gasteiger partial charge < -0.3 is 4.42 Å². The van der Waals surface area contributed by atoms with Crippen molar-refractivity contribution in [2.75, 3.05) is 0 Å². The molecule has 0 bridgehead atoms. The van der Waals surface area contributed by atoms with Crippen LogP contribution in [0.3, 0.4) is 0 Å². The van der Waals surface area contributed by atoms with Crippen LogP contribution in [0.2, 0.25) is 0 Å². The van der Waals surface area contributed by atoms with Crippen molar-refractivity contribution in [1.82, 2.24) is 0 Å². The zero-order valence-corrected chi connectivity index (χ0v) is 14.3. The average Bonchev–Trinajstić information content (AvgIpc) is 2.55. The second-order valence-electron chi connectivity index (χ2n) is 6.25. The van der Waals surface area contributed by atoms with Crippen molar-refractivity contribution in [3.8, 4) is 11.3 Å². The van der Waals surface area contributed by atoms with E-state index in [-0.39, 0.29) is 0 Å². The molecule has 23 heavy (non-hydrogen) atoms. The Kier molecular flexibility index (Phi) is 4.33. The second kappa shape index (κ2) is 6.41. The largest absolute Gasteiger partial charge is 0.456 e. The highest BCUT2D eigenvalue weighted by molar-refractivity contribution is 5.79. The number of nitrogens with zero attached hydrogens (tertiary/aromatic N) is 1. The van der Waals surface area contributed by atoms with Crippen molar-refractivity contribution >= 4 is 11.0 Å². The Hall–Kier alpha value is -2.35. The van der Waals surface area contributed by atoms with Crippen molar-refractivity contribution in [3.05, 3.63) is 65.0 Å². The minimum absolute atomic E-state index is 0.298. The molecule has 2 nitrogen and oxygen atoms in total.